The summed E-state index contributed by atoms with van der Waals surface area (Å²) in [5, 5.41) is 0. The summed E-state index contributed by atoms with van der Waals surface area (Å²) >= 11 is 0. The smallest absolute Gasteiger partial charge is 0.343 e. The number of hydrogen-bond acceptors (Lipinski definition) is 4. The lowest BCUT2D eigenvalue weighted by Gasteiger charge is -2.09. The number of ketones is 1. The van der Waals surface area contributed by atoms with Gasteiger partial charge in [-0.15, -0.1) is 0 Å². The van der Waals surface area contributed by atoms with Crippen molar-refractivity contribution in [1.82, 2.24) is 0 Å². The predicted octanol–water partition coefficient (Wildman–Crippen LogP) is 5.70. The monoisotopic (exact) mass is 398 g/mol. The average molecular weight is 398 g/mol. The van der Waals surface area contributed by atoms with E-state index < -0.39 is 5.97 Å². The SMILES string of the molecule is CCc1ccc(/C=C2\Oc3cc(OC(=O)c4ccccc4C)cc(C)c3C2=O)cc1. The number of Topliss-reactive ketones (excluding diaryl/α,β-unsaturated/α-hetero) is 1. The fraction of sp³-hybridized carbons (Fsp3) is 0.154. The molecule has 0 amide bonds. The van der Waals surface area contributed by atoms with Crippen LogP contribution in [0, 0.1) is 13.8 Å². The zero-order valence-electron chi connectivity index (χ0n) is 17.2. The highest BCUT2D eigenvalue weighted by atomic mass is 16.5. The second-order valence-corrected chi connectivity index (χ2v) is 7.35. The number of carbonyl (C=O) groups is 2. The number of benzene rings is 3. The van der Waals surface area contributed by atoms with E-state index in [2.05, 4.69) is 6.92 Å². The van der Waals surface area contributed by atoms with Crippen LogP contribution in [0.3, 0.4) is 0 Å². The Kier molecular flexibility index (Phi) is 5.23. The number of esters is 1. The molecule has 0 saturated heterocycles. The lowest BCUT2D eigenvalue weighted by Crippen LogP contribution is -2.10. The van der Waals surface area contributed by atoms with Gasteiger partial charge in [0.25, 0.3) is 0 Å². The summed E-state index contributed by atoms with van der Waals surface area (Å²) in [6.07, 6.45) is 2.70. The summed E-state index contributed by atoms with van der Waals surface area (Å²) in [5.74, 6) is 0.409. The molecule has 4 nitrogen and oxygen atoms in total. The Morgan fingerprint density at radius 3 is 2.43 bits per heavy atom. The van der Waals surface area contributed by atoms with E-state index >= 15 is 0 Å². The Hall–Kier alpha value is -3.66. The molecule has 3 aromatic rings. The van der Waals surface area contributed by atoms with E-state index in [4.69, 9.17) is 9.47 Å². The summed E-state index contributed by atoms with van der Waals surface area (Å²) in [6, 6.07) is 18.5. The molecular weight excluding hydrogens is 376 g/mol. The van der Waals surface area contributed by atoms with Crippen molar-refractivity contribution in [3.63, 3.8) is 0 Å². The van der Waals surface area contributed by atoms with Crippen LogP contribution < -0.4 is 9.47 Å². The molecule has 30 heavy (non-hydrogen) atoms. The molecule has 0 saturated carbocycles. The van der Waals surface area contributed by atoms with Crippen LogP contribution >= 0.6 is 0 Å². The van der Waals surface area contributed by atoms with Crippen LogP contribution in [-0.2, 0) is 6.42 Å². The lowest BCUT2D eigenvalue weighted by atomic mass is 10.0. The average Bonchev–Trinajstić information content (AvgIpc) is 3.04. The molecule has 0 aromatic heterocycles. The topological polar surface area (TPSA) is 52.6 Å². The van der Waals surface area contributed by atoms with E-state index in [1.165, 1.54) is 5.56 Å². The third-order valence-corrected chi connectivity index (χ3v) is 5.20. The van der Waals surface area contributed by atoms with Crippen molar-refractivity contribution in [3.8, 4) is 11.5 Å². The van der Waals surface area contributed by atoms with Crippen molar-refractivity contribution in [1.29, 1.82) is 0 Å². The quantitative estimate of drug-likeness (QED) is 0.321. The molecule has 0 spiro atoms. The second kappa shape index (κ2) is 7.99. The minimum atomic E-state index is -0.441. The summed E-state index contributed by atoms with van der Waals surface area (Å²) < 4.78 is 11.4. The Bertz CT molecular complexity index is 1170. The van der Waals surface area contributed by atoms with Crippen molar-refractivity contribution >= 4 is 17.8 Å². The number of hydrogen-bond donors (Lipinski definition) is 0. The zero-order valence-corrected chi connectivity index (χ0v) is 17.2. The van der Waals surface area contributed by atoms with Crippen LogP contribution in [-0.4, -0.2) is 11.8 Å². The van der Waals surface area contributed by atoms with Gasteiger partial charge in [0.05, 0.1) is 11.1 Å². The number of carbonyl (C=O) groups excluding carboxylic acids is 2. The highest BCUT2D eigenvalue weighted by Gasteiger charge is 2.30. The molecule has 0 unspecified atom stereocenters. The molecule has 0 atom stereocenters. The maximum absolute atomic E-state index is 12.8. The minimum Gasteiger partial charge on any atom is -0.452 e. The molecule has 0 fully saturated rings. The van der Waals surface area contributed by atoms with Gasteiger partial charge in [0.1, 0.15) is 11.5 Å². The summed E-state index contributed by atoms with van der Waals surface area (Å²) in [4.78, 5) is 25.4. The van der Waals surface area contributed by atoms with E-state index in [1.807, 2.05) is 50.2 Å². The molecule has 4 heteroatoms. The van der Waals surface area contributed by atoms with Crippen LogP contribution in [0.25, 0.3) is 6.08 Å². The van der Waals surface area contributed by atoms with Crippen LogP contribution in [0.5, 0.6) is 11.5 Å². The number of fused-ring (bicyclic) bond motifs is 1. The number of allylic oxidation sites excluding steroid dienone is 1. The van der Waals surface area contributed by atoms with Gasteiger partial charge in [0, 0.05) is 6.07 Å². The van der Waals surface area contributed by atoms with Gasteiger partial charge in [-0.05, 0) is 60.7 Å². The molecule has 0 radical (unpaired) electrons. The molecular formula is C26H22O4. The normalized spacial score (nSPS) is 13.8. The molecule has 0 aliphatic carbocycles. The predicted molar refractivity (Wildman–Crippen MR) is 116 cm³/mol. The van der Waals surface area contributed by atoms with Gasteiger partial charge in [-0.3, -0.25) is 4.79 Å². The standard InChI is InChI=1S/C26H22O4/c1-4-18-9-11-19(12-10-18)14-23-25(27)24-17(3)13-20(15-22(24)30-23)29-26(28)21-8-6-5-7-16(21)2/h5-15H,4H2,1-3H3/b23-14-. The number of ether oxygens (including phenoxy) is 2. The largest absolute Gasteiger partial charge is 0.452 e. The highest BCUT2D eigenvalue weighted by Crippen LogP contribution is 2.37. The molecule has 150 valence electrons. The van der Waals surface area contributed by atoms with E-state index in [9.17, 15) is 9.59 Å². The van der Waals surface area contributed by atoms with Gasteiger partial charge in [-0.1, -0.05) is 49.4 Å². The van der Waals surface area contributed by atoms with Crippen molar-refractivity contribution in [2.75, 3.05) is 0 Å². The van der Waals surface area contributed by atoms with Gasteiger partial charge in [0.15, 0.2) is 5.76 Å². The first-order valence-corrected chi connectivity index (χ1v) is 9.92. The van der Waals surface area contributed by atoms with Crippen LogP contribution in [0.4, 0.5) is 0 Å². The summed E-state index contributed by atoms with van der Waals surface area (Å²) in [6.45, 7) is 5.76. The highest BCUT2D eigenvalue weighted by molar-refractivity contribution is 6.15. The molecule has 1 aliphatic heterocycles. The van der Waals surface area contributed by atoms with Crippen LogP contribution in [0.2, 0.25) is 0 Å². The van der Waals surface area contributed by atoms with Gasteiger partial charge in [-0.2, -0.15) is 0 Å². The van der Waals surface area contributed by atoms with Crippen LogP contribution in [0.15, 0.2) is 66.4 Å². The Morgan fingerprint density at radius 2 is 1.73 bits per heavy atom. The van der Waals surface area contributed by atoms with E-state index in [0.29, 0.717) is 28.2 Å². The van der Waals surface area contributed by atoms with E-state index in [0.717, 1.165) is 17.5 Å². The molecule has 0 bridgehead atoms. The zero-order chi connectivity index (χ0) is 21.3. The van der Waals surface area contributed by atoms with Crippen molar-refractivity contribution in [2.24, 2.45) is 0 Å². The maximum Gasteiger partial charge on any atom is 0.343 e. The van der Waals surface area contributed by atoms with Gasteiger partial charge >= 0.3 is 5.97 Å². The fourth-order valence-corrected chi connectivity index (χ4v) is 3.50. The van der Waals surface area contributed by atoms with Gasteiger partial charge in [-0.25, -0.2) is 4.79 Å². The Labute approximate surface area is 175 Å². The van der Waals surface area contributed by atoms with Gasteiger partial charge < -0.3 is 9.47 Å². The first-order valence-electron chi connectivity index (χ1n) is 9.92. The van der Waals surface area contributed by atoms with E-state index in [1.54, 1.807) is 30.3 Å². The van der Waals surface area contributed by atoms with Crippen molar-refractivity contribution < 1.29 is 19.1 Å². The first kappa shape index (κ1) is 19.6. The maximum atomic E-state index is 12.8. The van der Waals surface area contributed by atoms with E-state index in [-0.39, 0.29) is 11.5 Å². The second-order valence-electron chi connectivity index (χ2n) is 7.35. The lowest BCUT2D eigenvalue weighted by molar-refractivity contribution is 0.0733. The third-order valence-electron chi connectivity index (χ3n) is 5.20. The Balaban J connectivity index is 1.60. The summed E-state index contributed by atoms with van der Waals surface area (Å²) in [7, 11) is 0. The molecule has 1 aliphatic rings. The molecule has 4 rings (SSSR count). The van der Waals surface area contributed by atoms with Crippen LogP contribution in [0.1, 0.15) is 49.9 Å². The fourth-order valence-electron chi connectivity index (χ4n) is 3.50. The minimum absolute atomic E-state index is 0.168. The molecule has 0 N–H and O–H groups in total. The first-order chi connectivity index (χ1) is 14.5. The van der Waals surface area contributed by atoms with Gasteiger partial charge in [0.2, 0.25) is 5.78 Å². The number of rotatable bonds is 4. The molecule has 1 heterocycles. The van der Waals surface area contributed by atoms with Crippen molar-refractivity contribution in [2.45, 2.75) is 27.2 Å². The molecule has 3 aromatic carbocycles. The summed E-state index contributed by atoms with van der Waals surface area (Å²) in [5.41, 5.74) is 4.68. The third kappa shape index (κ3) is 3.77. The van der Waals surface area contributed by atoms with Crippen molar-refractivity contribution in [3.05, 3.63) is 99.8 Å². The number of aryl methyl sites for hydroxylation is 3. The Morgan fingerprint density at radius 1 is 1.00 bits per heavy atom.